The number of allylic oxidation sites excluding steroid dienone is 4. The predicted molar refractivity (Wildman–Crippen MR) is 205 cm³/mol. The molecule has 10 unspecified atom stereocenters. The highest BCUT2D eigenvalue weighted by atomic mass is 16.7. The number of fused-ring (bicyclic) bond motifs is 14. The fourth-order valence-electron chi connectivity index (χ4n) is 7.88. The molecule has 4 aliphatic heterocycles. The molecule has 10 atom stereocenters. The zero-order valence-electron chi connectivity index (χ0n) is 33.8. The Bertz CT molecular complexity index is 1930. The Morgan fingerprint density at radius 3 is 2.32 bits per heavy atom. The van der Waals surface area contributed by atoms with Crippen LogP contribution in [0, 0.1) is 30.6 Å². The van der Waals surface area contributed by atoms with Gasteiger partial charge in [0.1, 0.15) is 29.0 Å². The van der Waals surface area contributed by atoms with Crippen molar-refractivity contribution in [3.05, 3.63) is 69.8 Å². The molecular weight excluding hydrogens is 740 g/mol. The average molecular weight is 795 g/mol. The predicted octanol–water partition coefficient (Wildman–Crippen LogP) is 3.73. The van der Waals surface area contributed by atoms with Crippen LogP contribution >= 0.6 is 0 Å². The lowest BCUT2D eigenvalue weighted by Gasteiger charge is -2.38. The first-order valence-electron chi connectivity index (χ1n) is 19.2. The third-order valence-electron chi connectivity index (χ3n) is 11.5. The van der Waals surface area contributed by atoms with Crippen LogP contribution in [0.4, 0.5) is 0 Å². The first-order chi connectivity index (χ1) is 26.8. The van der Waals surface area contributed by atoms with Gasteiger partial charge in [-0.05, 0) is 32.8 Å². The first kappa shape index (κ1) is 43.3. The highest BCUT2D eigenvalue weighted by Gasteiger charge is 2.53. The van der Waals surface area contributed by atoms with Crippen molar-refractivity contribution in [2.45, 2.75) is 105 Å². The molecule has 0 aromatic heterocycles. The number of aliphatic hydroxyl groups is 2. The first-order valence-corrected chi connectivity index (χ1v) is 19.2. The summed E-state index contributed by atoms with van der Waals surface area (Å²) in [5.74, 6) is -9.25. The molecule has 0 radical (unpaired) electrons. The Kier molecular flexibility index (Phi) is 13.2. The summed E-state index contributed by atoms with van der Waals surface area (Å²) in [5.41, 5.74) is -1.73. The quantitative estimate of drug-likeness (QED) is 0.269. The van der Waals surface area contributed by atoms with E-state index in [0.29, 0.717) is 13.0 Å². The second-order valence-electron chi connectivity index (χ2n) is 15.6. The van der Waals surface area contributed by atoms with Gasteiger partial charge in [-0.2, -0.15) is 0 Å². The molecule has 5 bridgehead atoms. The maximum Gasteiger partial charge on any atom is 0.312 e. The minimum Gasteiger partial charge on any atom is -0.507 e. The van der Waals surface area contributed by atoms with Gasteiger partial charge in [0.05, 0.1) is 47.4 Å². The van der Waals surface area contributed by atoms with Crippen LogP contribution in [0.5, 0.6) is 11.5 Å². The number of phenols is 1. The van der Waals surface area contributed by atoms with Crippen LogP contribution in [-0.2, 0) is 28.5 Å². The number of methoxy groups -OCH3 is 1. The number of nitrogens with one attached hydrogen (secondary N) is 2. The molecule has 0 saturated carbocycles. The van der Waals surface area contributed by atoms with Gasteiger partial charge in [0.15, 0.2) is 0 Å². The van der Waals surface area contributed by atoms with Crippen molar-refractivity contribution in [3.8, 4) is 11.5 Å². The normalized spacial score (nSPS) is 32.5. The van der Waals surface area contributed by atoms with E-state index in [1.807, 2.05) is 0 Å². The monoisotopic (exact) mass is 794 g/mol. The largest absolute Gasteiger partial charge is 0.507 e. The average Bonchev–Trinajstić information content (AvgIpc) is 3.79. The van der Waals surface area contributed by atoms with Crippen molar-refractivity contribution in [1.82, 2.24) is 10.6 Å². The number of ether oxygens (including phenoxy) is 5. The summed E-state index contributed by atoms with van der Waals surface area (Å²) < 4.78 is 29.1. The molecule has 15 heteroatoms. The molecule has 0 spiro atoms. The van der Waals surface area contributed by atoms with E-state index >= 15 is 0 Å². The van der Waals surface area contributed by atoms with Gasteiger partial charge in [-0.3, -0.25) is 24.0 Å². The SMILES string of the molecule is COC1C=COC2(C)Oc3c(C)c(O)c4c(c3C2=O)C(=O)C(NCC2CCCO2)=C(NC(=O)C(C)=CC=CC(C)C(O)C(C)C(O)C(C)C(OC(C)=O)C1C)C4=O. The van der Waals surface area contributed by atoms with Gasteiger partial charge in [-0.1, -0.05) is 45.9 Å². The van der Waals surface area contributed by atoms with E-state index in [1.165, 1.54) is 53.2 Å². The van der Waals surface area contributed by atoms with Crippen molar-refractivity contribution in [3.63, 3.8) is 0 Å². The lowest BCUT2D eigenvalue weighted by Crippen LogP contribution is -2.46. The van der Waals surface area contributed by atoms with Crippen LogP contribution in [-0.4, -0.2) is 101 Å². The summed E-state index contributed by atoms with van der Waals surface area (Å²) >= 11 is 0. The number of Topliss-reactive ketones (excluding diaryl/α,β-unsaturated/α-hetero) is 3. The van der Waals surface area contributed by atoms with E-state index in [9.17, 15) is 39.3 Å². The molecule has 1 aliphatic carbocycles. The Morgan fingerprint density at radius 2 is 1.68 bits per heavy atom. The van der Waals surface area contributed by atoms with E-state index < -0.39 is 106 Å². The number of carbonyl (C=O) groups excluding carboxylic acids is 5. The molecule has 310 valence electrons. The van der Waals surface area contributed by atoms with Gasteiger partial charge in [0.25, 0.3) is 11.7 Å². The summed E-state index contributed by atoms with van der Waals surface area (Å²) in [4.78, 5) is 69.1. The van der Waals surface area contributed by atoms with E-state index in [2.05, 4.69) is 10.6 Å². The summed E-state index contributed by atoms with van der Waals surface area (Å²) in [6.07, 6.45) is 4.60. The number of ketones is 3. The number of hydrogen-bond donors (Lipinski definition) is 5. The highest BCUT2D eigenvalue weighted by molar-refractivity contribution is 6.32. The number of amides is 1. The third kappa shape index (κ3) is 8.43. The minimum atomic E-state index is -2.08. The van der Waals surface area contributed by atoms with Crippen molar-refractivity contribution in [2.24, 2.45) is 23.7 Å². The van der Waals surface area contributed by atoms with Gasteiger partial charge in [-0.15, -0.1) is 0 Å². The van der Waals surface area contributed by atoms with Gasteiger partial charge in [0, 0.05) is 68.9 Å². The number of benzene rings is 1. The zero-order valence-corrected chi connectivity index (χ0v) is 33.8. The second-order valence-corrected chi connectivity index (χ2v) is 15.6. The molecular formula is C42H54N2O13. The van der Waals surface area contributed by atoms with Crippen molar-refractivity contribution in [1.29, 1.82) is 0 Å². The molecule has 1 aromatic rings. The van der Waals surface area contributed by atoms with Crippen molar-refractivity contribution < 1.29 is 63.0 Å². The number of esters is 1. The van der Waals surface area contributed by atoms with E-state index in [1.54, 1.807) is 39.8 Å². The number of rotatable bonds is 5. The van der Waals surface area contributed by atoms with E-state index in [0.717, 1.165) is 6.42 Å². The lowest BCUT2D eigenvalue weighted by molar-refractivity contribution is -0.160. The molecule has 1 fully saturated rings. The zero-order chi connectivity index (χ0) is 42.1. The Hall–Kier alpha value is -4.83. The van der Waals surface area contributed by atoms with Gasteiger partial charge in [-0.25, -0.2) is 0 Å². The van der Waals surface area contributed by atoms with Gasteiger partial charge >= 0.3 is 11.8 Å². The number of hydrogen-bond acceptors (Lipinski definition) is 14. The number of carbonyl (C=O) groups is 5. The Morgan fingerprint density at radius 1 is 0.982 bits per heavy atom. The summed E-state index contributed by atoms with van der Waals surface area (Å²) in [7, 11) is 1.42. The summed E-state index contributed by atoms with van der Waals surface area (Å²) in [5, 5.41) is 39.8. The van der Waals surface area contributed by atoms with Crippen LogP contribution in [0.1, 0.15) is 97.9 Å². The number of aromatic hydroxyl groups is 1. The van der Waals surface area contributed by atoms with Crippen molar-refractivity contribution >= 4 is 29.2 Å². The smallest absolute Gasteiger partial charge is 0.312 e. The standard InChI is InChI=1S/C42H54N2O13/c1-19-12-10-13-20(2)41(52)44-32-31(43-18-26-14-11-16-54-26)36(49)28-29(37(32)50)35(48)24(6)39-30(28)40(51)42(8,57-39)55-17-15-27(53-9)21(3)38(56-25(7)45)23(5)34(47)22(4)33(19)46/h10,12-13,15,17,19,21-23,26-27,33-34,38,43,46-48H,11,14,16,18H2,1-9H3,(H,44,52). The van der Waals surface area contributed by atoms with Gasteiger partial charge < -0.3 is 49.6 Å². The fraction of sp³-hybridized carbons (Fsp3) is 0.548. The Labute approximate surface area is 332 Å². The molecule has 1 saturated heterocycles. The molecule has 1 aromatic carbocycles. The number of phenolic OH excluding ortho intramolecular Hbond substituents is 1. The highest BCUT2D eigenvalue weighted by Crippen LogP contribution is 2.48. The maximum absolute atomic E-state index is 14.5. The molecule has 6 rings (SSSR count). The minimum absolute atomic E-state index is 0.00609. The van der Waals surface area contributed by atoms with Crippen LogP contribution in [0.2, 0.25) is 0 Å². The number of aliphatic hydroxyl groups excluding tert-OH is 2. The van der Waals surface area contributed by atoms with E-state index in [-0.39, 0.29) is 40.8 Å². The van der Waals surface area contributed by atoms with Crippen LogP contribution < -0.4 is 15.4 Å². The van der Waals surface area contributed by atoms with Crippen LogP contribution in [0.25, 0.3) is 0 Å². The molecule has 5 N–H and O–H groups in total. The van der Waals surface area contributed by atoms with E-state index in [4.69, 9.17) is 23.7 Å². The fourth-order valence-corrected chi connectivity index (χ4v) is 7.88. The van der Waals surface area contributed by atoms with Crippen molar-refractivity contribution in [2.75, 3.05) is 20.3 Å². The topological polar surface area (TPSA) is 216 Å². The third-order valence-corrected chi connectivity index (χ3v) is 11.5. The maximum atomic E-state index is 14.5. The summed E-state index contributed by atoms with van der Waals surface area (Å²) in [6, 6.07) is 0. The Balaban J connectivity index is 1.64. The molecule has 4 heterocycles. The second kappa shape index (κ2) is 17.3. The summed E-state index contributed by atoms with van der Waals surface area (Å²) in [6.45, 7) is 13.0. The molecule has 1 amide bonds. The lowest BCUT2D eigenvalue weighted by atomic mass is 9.78. The van der Waals surface area contributed by atoms with Crippen LogP contribution in [0.15, 0.2) is 47.5 Å². The molecule has 57 heavy (non-hydrogen) atoms. The van der Waals surface area contributed by atoms with Gasteiger partial charge in [0.2, 0.25) is 11.6 Å². The molecule has 5 aliphatic rings. The van der Waals surface area contributed by atoms with Crippen LogP contribution in [0.3, 0.4) is 0 Å². The molecule has 15 nitrogen and oxygen atoms in total.